The molecule has 0 aromatic heterocycles. The molecular formula is C34H41ClN4O5. The fourth-order valence-corrected chi connectivity index (χ4v) is 6.30. The van der Waals surface area contributed by atoms with E-state index in [2.05, 4.69) is 22.5 Å². The van der Waals surface area contributed by atoms with Gasteiger partial charge in [0.2, 0.25) is 11.8 Å². The van der Waals surface area contributed by atoms with Gasteiger partial charge in [0.25, 0.3) is 5.91 Å². The first-order valence-corrected chi connectivity index (χ1v) is 15.1. The summed E-state index contributed by atoms with van der Waals surface area (Å²) in [7, 11) is 4.99. The van der Waals surface area contributed by atoms with Crippen LogP contribution >= 0.6 is 11.6 Å². The summed E-state index contributed by atoms with van der Waals surface area (Å²) < 4.78 is 5.39. The smallest absolute Gasteiger partial charge is 0.255 e. The number of methoxy groups -OCH3 is 1. The predicted octanol–water partition coefficient (Wildman–Crippen LogP) is 4.33. The highest BCUT2D eigenvalue weighted by Gasteiger charge is 2.45. The van der Waals surface area contributed by atoms with E-state index in [1.54, 1.807) is 19.0 Å². The molecule has 4 rings (SSSR count). The van der Waals surface area contributed by atoms with Crippen LogP contribution in [0.4, 0.5) is 5.69 Å². The number of likely N-dealkylation sites (tertiary alicyclic amines) is 1. The number of carbonyl (C=O) groups is 3. The Balaban J connectivity index is 1.53. The van der Waals surface area contributed by atoms with Gasteiger partial charge in [-0.15, -0.1) is 0 Å². The van der Waals surface area contributed by atoms with Crippen molar-refractivity contribution in [2.45, 2.75) is 50.3 Å². The number of anilines is 1. The van der Waals surface area contributed by atoms with Gasteiger partial charge >= 0.3 is 0 Å². The van der Waals surface area contributed by atoms with E-state index >= 15 is 0 Å². The SMILES string of the molecule is COc1cc(NC(C)=O)c(Cl)cc1C(=O)N[C@H]1CCN(C(C)CC(C(=O)N(C)C)(c2ccccc2)c2ccccc2)C[C@@H]1O. The first kappa shape index (κ1) is 33.0. The van der Waals surface area contributed by atoms with E-state index in [0.717, 1.165) is 11.1 Å². The van der Waals surface area contributed by atoms with Crippen molar-refractivity contribution in [3.8, 4) is 5.75 Å². The standard InChI is InChI=1S/C34H41ClN4O5/c1-22(20-34(33(43)38(3)4,24-12-8-6-9-13-24)25-14-10-7-11-15-25)39-17-16-28(30(41)21-39)37-32(42)26-18-27(35)29(36-23(2)40)19-31(26)44-5/h6-15,18-19,22,28,30,41H,16-17,20-21H2,1-5H3,(H,36,40)(H,37,42)/t22?,28-,30-/m0/s1. The minimum Gasteiger partial charge on any atom is -0.496 e. The number of β-amino-alcohol motifs (C(OH)–C–C–N with tert-alkyl or cyclic N) is 1. The van der Waals surface area contributed by atoms with E-state index in [-0.39, 0.29) is 34.2 Å². The predicted molar refractivity (Wildman–Crippen MR) is 172 cm³/mol. The first-order valence-electron chi connectivity index (χ1n) is 14.7. The van der Waals surface area contributed by atoms with E-state index in [1.807, 2.05) is 60.7 Å². The number of hydrogen-bond donors (Lipinski definition) is 3. The highest BCUT2D eigenvalue weighted by Crippen LogP contribution is 2.40. The molecule has 1 heterocycles. The summed E-state index contributed by atoms with van der Waals surface area (Å²) in [5.41, 5.74) is 1.44. The third-order valence-corrected chi connectivity index (χ3v) is 8.62. The van der Waals surface area contributed by atoms with Crippen molar-refractivity contribution in [3.05, 3.63) is 94.5 Å². The highest BCUT2D eigenvalue weighted by atomic mass is 35.5. The summed E-state index contributed by atoms with van der Waals surface area (Å²) in [6, 6.07) is 22.1. The molecule has 0 saturated carbocycles. The number of nitrogens with one attached hydrogen (secondary N) is 2. The van der Waals surface area contributed by atoms with Crippen LogP contribution in [0.15, 0.2) is 72.8 Å². The lowest BCUT2D eigenvalue weighted by Crippen LogP contribution is -2.57. The molecule has 0 spiro atoms. The van der Waals surface area contributed by atoms with Crippen molar-refractivity contribution in [2.24, 2.45) is 0 Å². The summed E-state index contributed by atoms with van der Waals surface area (Å²) in [6.07, 6.45) is 0.156. The van der Waals surface area contributed by atoms with E-state index in [4.69, 9.17) is 16.3 Å². The van der Waals surface area contributed by atoms with Gasteiger partial charge in [0.1, 0.15) is 11.2 Å². The molecule has 44 heavy (non-hydrogen) atoms. The molecule has 0 bridgehead atoms. The van der Waals surface area contributed by atoms with E-state index in [9.17, 15) is 19.5 Å². The van der Waals surface area contributed by atoms with Crippen LogP contribution < -0.4 is 15.4 Å². The fourth-order valence-electron chi connectivity index (χ4n) is 6.09. The van der Waals surface area contributed by atoms with Gasteiger partial charge in [0, 0.05) is 46.2 Å². The zero-order valence-electron chi connectivity index (χ0n) is 25.8. The Labute approximate surface area is 264 Å². The number of halogens is 1. The average molecular weight is 621 g/mol. The molecule has 1 saturated heterocycles. The fraction of sp³-hybridized carbons (Fsp3) is 0.382. The minimum absolute atomic E-state index is 0.0124. The van der Waals surface area contributed by atoms with Crippen molar-refractivity contribution >= 4 is 35.0 Å². The van der Waals surface area contributed by atoms with Crippen LogP contribution in [-0.2, 0) is 15.0 Å². The number of piperidine rings is 1. The number of amides is 3. The zero-order chi connectivity index (χ0) is 32.0. The zero-order valence-corrected chi connectivity index (χ0v) is 26.6. The second kappa shape index (κ2) is 14.2. The van der Waals surface area contributed by atoms with Crippen LogP contribution in [0.2, 0.25) is 5.02 Å². The number of rotatable bonds is 10. The monoisotopic (exact) mass is 620 g/mol. The maximum Gasteiger partial charge on any atom is 0.255 e. The van der Waals surface area contributed by atoms with Crippen molar-refractivity contribution in [3.63, 3.8) is 0 Å². The van der Waals surface area contributed by atoms with Gasteiger partial charge in [0.15, 0.2) is 0 Å². The highest BCUT2D eigenvalue weighted by molar-refractivity contribution is 6.34. The lowest BCUT2D eigenvalue weighted by atomic mass is 9.69. The van der Waals surface area contributed by atoms with Gasteiger partial charge in [-0.1, -0.05) is 72.3 Å². The number of nitrogens with zero attached hydrogens (tertiary/aromatic N) is 2. The molecule has 3 N–H and O–H groups in total. The van der Waals surface area contributed by atoms with Gasteiger partial charge < -0.3 is 25.4 Å². The third kappa shape index (κ3) is 7.07. The molecule has 3 aromatic rings. The van der Waals surface area contributed by atoms with Crippen molar-refractivity contribution in [2.75, 3.05) is 39.6 Å². The molecule has 0 radical (unpaired) electrons. The largest absolute Gasteiger partial charge is 0.496 e. The molecule has 1 unspecified atom stereocenters. The number of benzene rings is 3. The molecule has 3 amide bonds. The maximum atomic E-state index is 14.1. The number of ether oxygens (including phenoxy) is 1. The molecule has 3 aromatic carbocycles. The lowest BCUT2D eigenvalue weighted by molar-refractivity contribution is -0.134. The third-order valence-electron chi connectivity index (χ3n) is 8.30. The van der Waals surface area contributed by atoms with Crippen LogP contribution in [-0.4, -0.2) is 85.1 Å². The summed E-state index contributed by atoms with van der Waals surface area (Å²) in [5, 5.41) is 17.0. The Morgan fingerprint density at radius 3 is 2.16 bits per heavy atom. The second-order valence-electron chi connectivity index (χ2n) is 11.5. The molecule has 1 aliphatic rings. The van der Waals surface area contributed by atoms with Crippen molar-refractivity contribution < 1.29 is 24.2 Å². The number of aliphatic hydroxyl groups is 1. The summed E-state index contributed by atoms with van der Waals surface area (Å²) in [4.78, 5) is 42.7. The molecule has 3 atom stereocenters. The van der Waals surface area contributed by atoms with Gasteiger partial charge in [-0.05, 0) is 37.0 Å². The van der Waals surface area contributed by atoms with Crippen LogP contribution in [0.1, 0.15) is 48.2 Å². The normalized spacial score (nSPS) is 17.8. The van der Waals surface area contributed by atoms with E-state index in [1.165, 1.54) is 26.2 Å². The van der Waals surface area contributed by atoms with Crippen molar-refractivity contribution in [1.82, 2.24) is 15.1 Å². The number of carbonyl (C=O) groups excluding carboxylic acids is 3. The molecule has 234 valence electrons. The van der Waals surface area contributed by atoms with Crippen LogP contribution in [0, 0.1) is 0 Å². The van der Waals surface area contributed by atoms with E-state index < -0.39 is 23.5 Å². The van der Waals surface area contributed by atoms with Crippen LogP contribution in [0.5, 0.6) is 5.75 Å². The van der Waals surface area contributed by atoms with Crippen LogP contribution in [0.25, 0.3) is 0 Å². The average Bonchev–Trinajstić information content (AvgIpc) is 3.01. The van der Waals surface area contributed by atoms with Gasteiger partial charge in [-0.2, -0.15) is 0 Å². The topological polar surface area (TPSA) is 111 Å². The van der Waals surface area contributed by atoms with Gasteiger partial charge in [-0.25, -0.2) is 0 Å². The minimum atomic E-state index is -0.930. The van der Waals surface area contributed by atoms with Crippen molar-refractivity contribution in [1.29, 1.82) is 0 Å². The Morgan fingerprint density at radius 1 is 1.07 bits per heavy atom. The molecule has 9 nitrogen and oxygen atoms in total. The number of hydrogen-bond acceptors (Lipinski definition) is 6. The number of likely N-dealkylation sites (N-methyl/N-ethyl adjacent to an activating group) is 1. The molecular weight excluding hydrogens is 580 g/mol. The quantitative estimate of drug-likeness (QED) is 0.311. The van der Waals surface area contributed by atoms with Gasteiger partial charge in [0.05, 0.1) is 35.5 Å². The number of aliphatic hydroxyl groups excluding tert-OH is 1. The molecule has 10 heteroatoms. The van der Waals surface area contributed by atoms with Gasteiger partial charge in [-0.3, -0.25) is 19.3 Å². The van der Waals surface area contributed by atoms with Crippen LogP contribution in [0.3, 0.4) is 0 Å². The maximum absolute atomic E-state index is 14.1. The molecule has 1 aliphatic heterocycles. The lowest BCUT2D eigenvalue weighted by Gasteiger charge is -2.44. The summed E-state index contributed by atoms with van der Waals surface area (Å²) in [5.74, 6) is -0.500. The first-order chi connectivity index (χ1) is 21.0. The Kier molecular flexibility index (Phi) is 10.7. The summed E-state index contributed by atoms with van der Waals surface area (Å²) >= 11 is 6.32. The Hall–Kier alpha value is -3.92. The molecule has 1 fully saturated rings. The molecule has 0 aliphatic carbocycles. The summed E-state index contributed by atoms with van der Waals surface area (Å²) in [6.45, 7) is 4.37. The Bertz CT molecular complexity index is 1430. The Morgan fingerprint density at radius 2 is 1.66 bits per heavy atom. The second-order valence-corrected chi connectivity index (χ2v) is 11.9. The van der Waals surface area contributed by atoms with E-state index in [0.29, 0.717) is 31.6 Å².